The summed E-state index contributed by atoms with van der Waals surface area (Å²) >= 11 is 0. The van der Waals surface area contributed by atoms with E-state index in [1.807, 2.05) is 24.3 Å². The largest absolute Gasteiger partial charge is 0.396 e. The number of aliphatic hydroxyl groups excluding tert-OH is 1. The second kappa shape index (κ2) is 6.81. The number of nitrogens with one attached hydrogen (secondary N) is 1. The summed E-state index contributed by atoms with van der Waals surface area (Å²) in [6.45, 7) is 2.20. The van der Waals surface area contributed by atoms with Crippen molar-refractivity contribution in [2.75, 3.05) is 11.9 Å². The van der Waals surface area contributed by atoms with Gasteiger partial charge in [0.05, 0.1) is 5.69 Å². The molecule has 1 aromatic carbocycles. The quantitative estimate of drug-likeness (QED) is 0.824. The molecule has 0 spiro atoms. The van der Waals surface area contributed by atoms with E-state index in [1.165, 1.54) is 10.2 Å². The fraction of sp³-hybridized carbons (Fsp3) is 0.357. The highest BCUT2D eigenvalue weighted by molar-refractivity contribution is 5.90. The highest BCUT2D eigenvalue weighted by Crippen LogP contribution is 2.11. The Kier molecular flexibility index (Phi) is 4.84. The molecule has 2 aromatic rings. The lowest BCUT2D eigenvalue weighted by Crippen LogP contribution is -2.19. The van der Waals surface area contributed by atoms with Gasteiger partial charge in [-0.2, -0.15) is 0 Å². The number of aliphatic hydroxyl groups is 1. The lowest BCUT2D eigenvalue weighted by molar-refractivity contribution is -0.116. The van der Waals surface area contributed by atoms with Crippen LogP contribution in [0.3, 0.4) is 0 Å². The first kappa shape index (κ1) is 14.2. The number of carbonyl (C=O) groups excluding carboxylic acids is 1. The molecular formula is C14H18N4O2. The SMILES string of the molecule is CCc1cccc(NC(=O)Cn2cc(CCO)nn2)c1. The zero-order valence-corrected chi connectivity index (χ0v) is 11.4. The summed E-state index contributed by atoms with van der Waals surface area (Å²) in [6, 6.07) is 7.75. The molecule has 6 heteroatoms. The molecule has 0 aliphatic rings. The van der Waals surface area contributed by atoms with Gasteiger partial charge in [-0.1, -0.05) is 24.3 Å². The molecule has 2 rings (SSSR count). The molecule has 2 N–H and O–H groups in total. The fourth-order valence-corrected chi connectivity index (χ4v) is 1.86. The lowest BCUT2D eigenvalue weighted by atomic mass is 10.1. The molecule has 1 heterocycles. The number of rotatable bonds is 6. The number of aromatic nitrogens is 3. The summed E-state index contributed by atoms with van der Waals surface area (Å²) in [7, 11) is 0. The zero-order valence-electron chi connectivity index (χ0n) is 11.4. The number of benzene rings is 1. The summed E-state index contributed by atoms with van der Waals surface area (Å²) in [5.41, 5.74) is 2.63. The van der Waals surface area contributed by atoms with E-state index in [-0.39, 0.29) is 19.1 Å². The summed E-state index contributed by atoms with van der Waals surface area (Å²) in [4.78, 5) is 11.9. The third-order valence-corrected chi connectivity index (χ3v) is 2.88. The molecular weight excluding hydrogens is 256 g/mol. The van der Waals surface area contributed by atoms with E-state index < -0.39 is 0 Å². The van der Waals surface area contributed by atoms with Gasteiger partial charge in [-0.15, -0.1) is 5.10 Å². The molecule has 0 aliphatic carbocycles. The first-order valence-corrected chi connectivity index (χ1v) is 6.60. The number of nitrogens with zero attached hydrogens (tertiary/aromatic N) is 3. The van der Waals surface area contributed by atoms with Crippen LogP contribution in [-0.2, 0) is 24.2 Å². The molecule has 0 atom stereocenters. The maximum absolute atomic E-state index is 11.9. The van der Waals surface area contributed by atoms with Crippen LogP contribution < -0.4 is 5.32 Å². The normalized spacial score (nSPS) is 10.5. The molecule has 20 heavy (non-hydrogen) atoms. The van der Waals surface area contributed by atoms with Gasteiger partial charge < -0.3 is 10.4 Å². The molecule has 0 fully saturated rings. The Balaban J connectivity index is 1.94. The molecule has 0 saturated carbocycles. The Bertz CT molecular complexity index is 580. The molecule has 0 saturated heterocycles. The molecule has 0 unspecified atom stereocenters. The van der Waals surface area contributed by atoms with Crippen LogP contribution in [0.25, 0.3) is 0 Å². The Morgan fingerprint density at radius 3 is 3.05 bits per heavy atom. The lowest BCUT2D eigenvalue weighted by Gasteiger charge is -2.06. The van der Waals surface area contributed by atoms with E-state index >= 15 is 0 Å². The molecule has 1 amide bonds. The minimum absolute atomic E-state index is 0.0225. The smallest absolute Gasteiger partial charge is 0.246 e. The molecule has 106 valence electrons. The van der Waals surface area contributed by atoms with E-state index in [2.05, 4.69) is 22.6 Å². The van der Waals surface area contributed by atoms with Crippen molar-refractivity contribution in [2.45, 2.75) is 26.3 Å². The number of aryl methyl sites for hydroxylation is 1. The van der Waals surface area contributed by atoms with Gasteiger partial charge in [-0.3, -0.25) is 4.79 Å². The van der Waals surface area contributed by atoms with Crippen LogP contribution in [0.2, 0.25) is 0 Å². The fourth-order valence-electron chi connectivity index (χ4n) is 1.86. The molecule has 0 aliphatic heterocycles. The number of hydrogen-bond acceptors (Lipinski definition) is 4. The molecule has 6 nitrogen and oxygen atoms in total. The summed E-state index contributed by atoms with van der Waals surface area (Å²) in [5.74, 6) is -0.154. The van der Waals surface area contributed by atoms with Crippen LogP contribution in [0.4, 0.5) is 5.69 Å². The average Bonchev–Trinajstić information content (AvgIpc) is 2.86. The number of hydrogen-bond donors (Lipinski definition) is 2. The second-order valence-corrected chi connectivity index (χ2v) is 4.48. The first-order valence-electron chi connectivity index (χ1n) is 6.60. The van der Waals surface area contributed by atoms with Crippen molar-refractivity contribution in [3.05, 3.63) is 41.7 Å². The van der Waals surface area contributed by atoms with E-state index in [9.17, 15) is 4.79 Å². The first-order chi connectivity index (χ1) is 9.71. The van der Waals surface area contributed by atoms with Crippen LogP contribution in [0.1, 0.15) is 18.2 Å². The zero-order chi connectivity index (χ0) is 14.4. The Labute approximate surface area is 117 Å². The van der Waals surface area contributed by atoms with Gasteiger partial charge >= 0.3 is 0 Å². The minimum atomic E-state index is -0.154. The van der Waals surface area contributed by atoms with Crippen molar-refractivity contribution in [2.24, 2.45) is 0 Å². The number of anilines is 1. The average molecular weight is 274 g/mol. The van der Waals surface area contributed by atoms with Gasteiger partial charge in [-0.05, 0) is 24.1 Å². The van der Waals surface area contributed by atoms with Crippen molar-refractivity contribution in [3.8, 4) is 0 Å². The maximum Gasteiger partial charge on any atom is 0.246 e. The van der Waals surface area contributed by atoms with E-state index in [0.29, 0.717) is 12.1 Å². The van der Waals surface area contributed by atoms with Gasteiger partial charge in [0.2, 0.25) is 5.91 Å². The predicted octanol–water partition coefficient (Wildman–Crippen LogP) is 1.01. The minimum Gasteiger partial charge on any atom is -0.396 e. The van der Waals surface area contributed by atoms with Crippen molar-refractivity contribution >= 4 is 11.6 Å². The topological polar surface area (TPSA) is 80.0 Å². The van der Waals surface area contributed by atoms with Crippen molar-refractivity contribution in [3.63, 3.8) is 0 Å². The van der Waals surface area contributed by atoms with Gasteiger partial charge in [0.1, 0.15) is 6.54 Å². The molecule has 0 radical (unpaired) electrons. The van der Waals surface area contributed by atoms with Gasteiger partial charge in [-0.25, -0.2) is 4.68 Å². The molecule has 0 bridgehead atoms. The third-order valence-electron chi connectivity index (χ3n) is 2.88. The van der Waals surface area contributed by atoms with Crippen molar-refractivity contribution in [1.82, 2.24) is 15.0 Å². The second-order valence-electron chi connectivity index (χ2n) is 4.48. The van der Waals surface area contributed by atoms with E-state index in [1.54, 1.807) is 6.20 Å². The Hall–Kier alpha value is -2.21. The van der Waals surface area contributed by atoms with E-state index in [0.717, 1.165) is 12.1 Å². The highest BCUT2D eigenvalue weighted by Gasteiger charge is 2.06. The Morgan fingerprint density at radius 2 is 2.30 bits per heavy atom. The van der Waals surface area contributed by atoms with Crippen LogP contribution in [0.15, 0.2) is 30.5 Å². The molecule has 1 aromatic heterocycles. The standard InChI is InChI=1S/C14H18N4O2/c1-2-11-4-3-5-12(8-11)15-14(20)10-18-9-13(6-7-19)16-17-18/h3-5,8-9,19H,2,6-7,10H2,1H3,(H,15,20). The number of carbonyl (C=O) groups is 1. The van der Waals surface area contributed by atoms with Gasteiger partial charge in [0, 0.05) is 24.9 Å². The predicted molar refractivity (Wildman–Crippen MR) is 75.3 cm³/mol. The van der Waals surface area contributed by atoms with Crippen molar-refractivity contribution in [1.29, 1.82) is 0 Å². The van der Waals surface area contributed by atoms with Gasteiger partial charge in [0.15, 0.2) is 0 Å². The summed E-state index contributed by atoms with van der Waals surface area (Å²) in [5, 5.41) is 19.3. The van der Waals surface area contributed by atoms with Crippen molar-refractivity contribution < 1.29 is 9.90 Å². The van der Waals surface area contributed by atoms with Crippen LogP contribution in [-0.4, -0.2) is 32.6 Å². The maximum atomic E-state index is 11.9. The highest BCUT2D eigenvalue weighted by atomic mass is 16.3. The Morgan fingerprint density at radius 1 is 1.45 bits per heavy atom. The van der Waals surface area contributed by atoms with E-state index in [4.69, 9.17) is 5.11 Å². The number of amides is 1. The third kappa shape index (κ3) is 3.89. The summed E-state index contributed by atoms with van der Waals surface area (Å²) < 4.78 is 1.46. The monoisotopic (exact) mass is 274 g/mol. The van der Waals surface area contributed by atoms with Crippen LogP contribution >= 0.6 is 0 Å². The summed E-state index contributed by atoms with van der Waals surface area (Å²) in [6.07, 6.45) is 3.04. The van der Waals surface area contributed by atoms with Gasteiger partial charge in [0.25, 0.3) is 0 Å². The van der Waals surface area contributed by atoms with Crippen LogP contribution in [0, 0.1) is 0 Å². The van der Waals surface area contributed by atoms with Crippen LogP contribution in [0.5, 0.6) is 0 Å².